The van der Waals surface area contributed by atoms with E-state index in [0.29, 0.717) is 5.82 Å². The van der Waals surface area contributed by atoms with Gasteiger partial charge in [-0.05, 0) is 0 Å². The van der Waals surface area contributed by atoms with Crippen LogP contribution in [0.5, 0.6) is 0 Å². The lowest BCUT2D eigenvalue weighted by atomic mass is 10.6. The van der Waals surface area contributed by atoms with Crippen LogP contribution < -0.4 is 0 Å². The third-order valence-electron chi connectivity index (χ3n) is 1.53. The number of hydrogen-bond acceptors (Lipinski definition) is 5. The lowest BCUT2D eigenvalue weighted by Gasteiger charge is -2.05. The van der Waals surface area contributed by atoms with Crippen molar-refractivity contribution in [2.45, 2.75) is 12.9 Å². The zero-order chi connectivity index (χ0) is 9.10. The highest BCUT2D eigenvalue weighted by atomic mass is 16.8. The fourth-order valence-corrected chi connectivity index (χ4v) is 0.942. The second-order valence-electron chi connectivity index (χ2n) is 2.46. The average Bonchev–Trinajstić information content (AvgIpc) is 2.71. The van der Waals surface area contributed by atoms with Crippen molar-refractivity contribution in [1.82, 2.24) is 9.97 Å². The minimum atomic E-state index is -0.690. The average molecular weight is 184 g/mol. The van der Waals surface area contributed by atoms with E-state index in [0.717, 1.165) is 0 Å². The first-order valence-corrected chi connectivity index (χ1v) is 3.78. The molecule has 1 aliphatic rings. The van der Waals surface area contributed by atoms with Gasteiger partial charge in [-0.3, -0.25) is 0 Å². The first kappa shape index (κ1) is 8.06. The van der Waals surface area contributed by atoms with E-state index in [1.807, 2.05) is 0 Å². The number of hydrogen-bond donors (Lipinski definition) is 1. The standard InChI is InChI=1S/C7H8N2O4/c10-7-12-4-6(13-7)11-3-5-8-1-2-9-5/h1-2,6H,3-4H2,(H,8,9). The molecule has 6 heteroatoms. The number of cyclic esters (lactones) is 2. The second kappa shape index (κ2) is 3.44. The van der Waals surface area contributed by atoms with Gasteiger partial charge in [0.15, 0.2) is 6.61 Å². The number of aromatic nitrogens is 2. The third kappa shape index (κ3) is 1.97. The Hall–Kier alpha value is -1.56. The number of carbonyl (C=O) groups excluding carboxylic acids is 1. The number of ether oxygens (including phenoxy) is 3. The van der Waals surface area contributed by atoms with Gasteiger partial charge < -0.3 is 19.2 Å². The van der Waals surface area contributed by atoms with Crippen molar-refractivity contribution >= 4 is 6.16 Å². The molecule has 0 bridgehead atoms. The molecule has 0 spiro atoms. The van der Waals surface area contributed by atoms with Gasteiger partial charge in [-0.1, -0.05) is 0 Å². The highest BCUT2D eigenvalue weighted by Crippen LogP contribution is 2.08. The fraction of sp³-hybridized carbons (Fsp3) is 0.429. The molecule has 1 N–H and O–H groups in total. The summed E-state index contributed by atoms with van der Waals surface area (Å²) in [5, 5.41) is 0. The second-order valence-corrected chi connectivity index (χ2v) is 2.46. The summed E-state index contributed by atoms with van der Waals surface area (Å²) in [6.07, 6.45) is 2.01. The van der Waals surface area contributed by atoms with Gasteiger partial charge in [-0.25, -0.2) is 9.78 Å². The van der Waals surface area contributed by atoms with Crippen LogP contribution in [0.25, 0.3) is 0 Å². The maximum atomic E-state index is 10.5. The molecule has 1 unspecified atom stereocenters. The van der Waals surface area contributed by atoms with E-state index in [-0.39, 0.29) is 13.2 Å². The van der Waals surface area contributed by atoms with Gasteiger partial charge in [0.1, 0.15) is 12.4 Å². The van der Waals surface area contributed by atoms with Crippen molar-refractivity contribution < 1.29 is 19.0 Å². The summed E-state index contributed by atoms with van der Waals surface area (Å²) in [5.74, 6) is 0.683. The Balaban J connectivity index is 1.77. The van der Waals surface area contributed by atoms with Crippen molar-refractivity contribution in [3.05, 3.63) is 18.2 Å². The van der Waals surface area contributed by atoms with E-state index in [1.54, 1.807) is 12.4 Å². The van der Waals surface area contributed by atoms with Crippen molar-refractivity contribution in [3.8, 4) is 0 Å². The Bertz CT molecular complexity index is 285. The van der Waals surface area contributed by atoms with Crippen LogP contribution in [-0.4, -0.2) is 29.0 Å². The predicted molar refractivity (Wildman–Crippen MR) is 39.6 cm³/mol. The van der Waals surface area contributed by atoms with Crippen LogP contribution in [0.3, 0.4) is 0 Å². The van der Waals surface area contributed by atoms with E-state index in [9.17, 15) is 4.79 Å². The molecule has 1 aliphatic heterocycles. The summed E-state index contributed by atoms with van der Waals surface area (Å²) in [6, 6.07) is 0. The SMILES string of the molecule is O=C1OCC(OCc2ncc[nH]2)O1. The number of rotatable bonds is 3. The number of nitrogens with zero attached hydrogens (tertiary/aromatic N) is 1. The predicted octanol–water partition coefficient (Wildman–Crippen LogP) is 0.419. The normalized spacial score (nSPS) is 21.2. The summed E-state index contributed by atoms with van der Waals surface area (Å²) < 4.78 is 14.3. The Morgan fingerprint density at radius 1 is 1.77 bits per heavy atom. The smallest absolute Gasteiger partial charge is 0.428 e. The van der Waals surface area contributed by atoms with Gasteiger partial charge in [-0.15, -0.1) is 0 Å². The van der Waals surface area contributed by atoms with Crippen LogP contribution in [0.4, 0.5) is 4.79 Å². The molecule has 1 atom stereocenters. The molecule has 1 saturated heterocycles. The first-order valence-electron chi connectivity index (χ1n) is 3.78. The summed E-state index contributed by atoms with van der Waals surface area (Å²) in [6.45, 7) is 0.411. The van der Waals surface area contributed by atoms with Crippen LogP contribution in [0.2, 0.25) is 0 Å². The summed E-state index contributed by atoms with van der Waals surface area (Å²) in [4.78, 5) is 17.3. The van der Waals surface area contributed by atoms with Crippen LogP contribution in [0.1, 0.15) is 5.82 Å². The van der Waals surface area contributed by atoms with Crippen molar-refractivity contribution in [2.24, 2.45) is 0 Å². The maximum absolute atomic E-state index is 10.5. The minimum Gasteiger partial charge on any atom is -0.428 e. The lowest BCUT2D eigenvalue weighted by molar-refractivity contribution is -0.0877. The van der Waals surface area contributed by atoms with Crippen LogP contribution in [0.15, 0.2) is 12.4 Å². The Labute approximate surface area is 73.8 Å². The number of H-pyrrole nitrogens is 1. The van der Waals surface area contributed by atoms with Crippen LogP contribution in [-0.2, 0) is 20.8 Å². The van der Waals surface area contributed by atoms with Crippen LogP contribution in [0, 0.1) is 0 Å². The van der Waals surface area contributed by atoms with E-state index < -0.39 is 12.4 Å². The third-order valence-corrected chi connectivity index (χ3v) is 1.53. The quantitative estimate of drug-likeness (QED) is 0.689. The zero-order valence-electron chi connectivity index (χ0n) is 6.73. The topological polar surface area (TPSA) is 73.4 Å². The molecular formula is C7H8N2O4. The molecule has 6 nitrogen and oxygen atoms in total. The summed E-state index contributed by atoms with van der Waals surface area (Å²) in [7, 11) is 0. The van der Waals surface area contributed by atoms with E-state index in [2.05, 4.69) is 19.4 Å². The highest BCUT2D eigenvalue weighted by molar-refractivity contribution is 5.61. The summed E-state index contributed by atoms with van der Waals surface area (Å²) in [5.41, 5.74) is 0. The van der Waals surface area contributed by atoms with Crippen molar-refractivity contribution in [3.63, 3.8) is 0 Å². The maximum Gasteiger partial charge on any atom is 0.510 e. The van der Waals surface area contributed by atoms with Gasteiger partial charge >= 0.3 is 6.16 Å². The van der Waals surface area contributed by atoms with Gasteiger partial charge in [0.05, 0.1) is 0 Å². The number of carbonyl (C=O) groups is 1. The van der Waals surface area contributed by atoms with E-state index in [1.165, 1.54) is 0 Å². The monoisotopic (exact) mass is 184 g/mol. The highest BCUT2D eigenvalue weighted by Gasteiger charge is 2.25. The lowest BCUT2D eigenvalue weighted by Crippen LogP contribution is -2.14. The van der Waals surface area contributed by atoms with Crippen molar-refractivity contribution in [1.29, 1.82) is 0 Å². The van der Waals surface area contributed by atoms with E-state index in [4.69, 9.17) is 4.74 Å². The number of aromatic amines is 1. The number of imidazole rings is 1. The molecule has 1 fully saturated rings. The summed E-state index contributed by atoms with van der Waals surface area (Å²) >= 11 is 0. The Morgan fingerprint density at radius 3 is 3.31 bits per heavy atom. The van der Waals surface area contributed by atoms with Gasteiger partial charge in [0, 0.05) is 12.4 Å². The molecule has 70 valence electrons. The first-order chi connectivity index (χ1) is 6.34. The number of nitrogens with one attached hydrogen (secondary N) is 1. The van der Waals surface area contributed by atoms with E-state index >= 15 is 0 Å². The molecule has 2 heterocycles. The molecule has 0 radical (unpaired) electrons. The molecular weight excluding hydrogens is 176 g/mol. The molecule has 0 aromatic carbocycles. The van der Waals surface area contributed by atoms with Crippen LogP contribution >= 0.6 is 0 Å². The van der Waals surface area contributed by atoms with Gasteiger partial charge in [-0.2, -0.15) is 0 Å². The van der Waals surface area contributed by atoms with Gasteiger partial charge in [0.25, 0.3) is 0 Å². The zero-order valence-corrected chi connectivity index (χ0v) is 6.73. The molecule has 2 rings (SSSR count). The largest absolute Gasteiger partial charge is 0.510 e. The fourth-order valence-electron chi connectivity index (χ4n) is 0.942. The minimum absolute atomic E-state index is 0.138. The molecule has 1 aromatic heterocycles. The molecule has 0 amide bonds. The van der Waals surface area contributed by atoms with Gasteiger partial charge in [0.2, 0.25) is 6.29 Å². The Morgan fingerprint density at radius 2 is 2.69 bits per heavy atom. The van der Waals surface area contributed by atoms with Crippen molar-refractivity contribution in [2.75, 3.05) is 6.61 Å². The Kier molecular flexibility index (Phi) is 2.13. The molecule has 0 saturated carbocycles. The molecule has 13 heavy (non-hydrogen) atoms. The molecule has 0 aliphatic carbocycles. The molecule has 1 aromatic rings.